The van der Waals surface area contributed by atoms with Gasteiger partial charge in [0.2, 0.25) is 0 Å². The predicted molar refractivity (Wildman–Crippen MR) is 115 cm³/mol. The van der Waals surface area contributed by atoms with Crippen LogP contribution in [0.5, 0.6) is 0 Å². The van der Waals surface area contributed by atoms with Gasteiger partial charge in [0.15, 0.2) is 11.4 Å². The van der Waals surface area contributed by atoms with Crippen LogP contribution in [0.2, 0.25) is 5.02 Å². The van der Waals surface area contributed by atoms with Crippen LogP contribution in [0.4, 0.5) is 15.2 Å². The number of piperazine rings is 1. The minimum atomic E-state index is -0.575. The lowest BCUT2D eigenvalue weighted by molar-refractivity contribution is 0.0939. The molecule has 160 valence electrons. The van der Waals surface area contributed by atoms with Crippen molar-refractivity contribution in [2.75, 3.05) is 31.1 Å². The zero-order valence-electron chi connectivity index (χ0n) is 16.7. The van der Waals surface area contributed by atoms with Gasteiger partial charge in [0.1, 0.15) is 10.5 Å². The SMILES string of the molecule is CCCCOC(=O)N1CCN(c2nc3cc(Cl)c(F)c(-c4nccs4)c3o2)C(C)C1. The van der Waals surface area contributed by atoms with E-state index in [-0.39, 0.29) is 22.7 Å². The van der Waals surface area contributed by atoms with Gasteiger partial charge < -0.3 is 19.0 Å². The fourth-order valence-electron chi connectivity index (χ4n) is 3.46. The molecule has 3 aromatic rings. The number of oxazole rings is 1. The van der Waals surface area contributed by atoms with E-state index in [1.54, 1.807) is 16.5 Å². The number of amides is 1. The van der Waals surface area contributed by atoms with Crippen molar-refractivity contribution in [1.29, 1.82) is 0 Å². The van der Waals surface area contributed by atoms with Gasteiger partial charge in [-0.3, -0.25) is 0 Å². The molecule has 0 bridgehead atoms. The summed E-state index contributed by atoms with van der Waals surface area (Å²) in [5, 5.41) is 2.22. The molecule has 0 radical (unpaired) electrons. The third-order valence-corrected chi connectivity index (χ3v) is 6.13. The number of carbonyl (C=O) groups excluding carboxylic acids is 1. The van der Waals surface area contributed by atoms with Gasteiger partial charge >= 0.3 is 6.09 Å². The van der Waals surface area contributed by atoms with E-state index < -0.39 is 5.82 Å². The summed E-state index contributed by atoms with van der Waals surface area (Å²) in [4.78, 5) is 24.6. The molecule has 2 aromatic heterocycles. The molecule has 1 aromatic carbocycles. The quantitative estimate of drug-likeness (QED) is 0.496. The number of rotatable bonds is 5. The number of anilines is 1. The zero-order valence-corrected chi connectivity index (χ0v) is 18.3. The van der Waals surface area contributed by atoms with E-state index >= 15 is 0 Å². The van der Waals surface area contributed by atoms with Crippen molar-refractivity contribution in [3.63, 3.8) is 0 Å². The summed E-state index contributed by atoms with van der Waals surface area (Å²) in [6.45, 7) is 5.96. The normalized spacial score (nSPS) is 17.0. The highest BCUT2D eigenvalue weighted by Crippen LogP contribution is 2.38. The molecular formula is C20H22ClFN4O3S. The topological polar surface area (TPSA) is 71.7 Å². The minimum absolute atomic E-state index is 0.0276. The van der Waals surface area contributed by atoms with Crippen molar-refractivity contribution in [2.45, 2.75) is 32.7 Å². The lowest BCUT2D eigenvalue weighted by Gasteiger charge is -2.38. The Morgan fingerprint density at radius 3 is 3.00 bits per heavy atom. The van der Waals surface area contributed by atoms with Crippen LogP contribution in [0.1, 0.15) is 26.7 Å². The van der Waals surface area contributed by atoms with Crippen molar-refractivity contribution in [1.82, 2.24) is 14.9 Å². The van der Waals surface area contributed by atoms with E-state index in [4.69, 9.17) is 20.8 Å². The van der Waals surface area contributed by atoms with Crippen molar-refractivity contribution in [2.24, 2.45) is 0 Å². The summed E-state index contributed by atoms with van der Waals surface area (Å²) in [5.74, 6) is -0.575. The number of halogens is 2. The van der Waals surface area contributed by atoms with E-state index in [0.717, 1.165) is 12.8 Å². The number of ether oxygens (including phenoxy) is 1. The lowest BCUT2D eigenvalue weighted by atomic mass is 10.2. The molecule has 10 heteroatoms. The summed E-state index contributed by atoms with van der Waals surface area (Å²) < 4.78 is 26.1. The molecule has 1 saturated heterocycles. The third-order valence-electron chi connectivity index (χ3n) is 5.06. The first kappa shape index (κ1) is 20.9. The van der Waals surface area contributed by atoms with E-state index in [9.17, 15) is 9.18 Å². The number of carbonyl (C=O) groups is 1. The van der Waals surface area contributed by atoms with Crippen LogP contribution in [0.3, 0.4) is 0 Å². The standard InChI is InChI=1S/C20H22ClFN4O3S/c1-3-4-8-28-20(27)25-6-7-26(12(2)11-25)19-24-14-10-13(21)16(22)15(17(14)29-19)18-23-5-9-30-18/h5,9-10,12H,3-4,6-8,11H2,1-2H3. The largest absolute Gasteiger partial charge is 0.449 e. The van der Waals surface area contributed by atoms with Crippen molar-refractivity contribution >= 4 is 46.1 Å². The van der Waals surface area contributed by atoms with Gasteiger partial charge in [0.05, 0.1) is 17.2 Å². The lowest BCUT2D eigenvalue weighted by Crippen LogP contribution is -2.54. The molecule has 4 rings (SSSR count). The predicted octanol–water partition coefficient (Wildman–Crippen LogP) is 5.19. The minimum Gasteiger partial charge on any atom is -0.449 e. The number of aromatic nitrogens is 2. The fourth-order valence-corrected chi connectivity index (χ4v) is 4.33. The first-order valence-electron chi connectivity index (χ1n) is 9.86. The molecular weight excluding hydrogens is 431 g/mol. The fraction of sp³-hybridized carbons (Fsp3) is 0.450. The molecule has 30 heavy (non-hydrogen) atoms. The number of hydrogen-bond donors (Lipinski definition) is 0. The Balaban J connectivity index is 1.57. The van der Waals surface area contributed by atoms with Crippen LogP contribution in [-0.4, -0.2) is 53.2 Å². The number of thiazole rings is 1. The second-order valence-corrected chi connectivity index (χ2v) is 8.49. The summed E-state index contributed by atoms with van der Waals surface area (Å²) in [6.07, 6.45) is 3.13. The number of hydrogen-bond acceptors (Lipinski definition) is 7. The molecule has 1 atom stereocenters. The van der Waals surface area contributed by atoms with Gasteiger partial charge in [-0.25, -0.2) is 14.2 Å². The Bertz CT molecular complexity index is 1040. The average Bonchev–Trinajstić information content (AvgIpc) is 3.39. The molecule has 1 amide bonds. The van der Waals surface area contributed by atoms with E-state index in [0.29, 0.717) is 48.4 Å². The monoisotopic (exact) mass is 452 g/mol. The van der Waals surface area contributed by atoms with Crippen LogP contribution in [-0.2, 0) is 4.74 Å². The van der Waals surface area contributed by atoms with E-state index in [1.165, 1.54) is 17.4 Å². The van der Waals surface area contributed by atoms with Gasteiger partial charge in [0.25, 0.3) is 6.01 Å². The molecule has 0 saturated carbocycles. The second-order valence-electron chi connectivity index (χ2n) is 7.19. The van der Waals surface area contributed by atoms with E-state index in [2.05, 4.69) is 9.97 Å². The van der Waals surface area contributed by atoms with Gasteiger partial charge in [-0.1, -0.05) is 24.9 Å². The van der Waals surface area contributed by atoms with Crippen molar-refractivity contribution in [3.8, 4) is 10.6 Å². The maximum absolute atomic E-state index is 14.8. The first-order valence-corrected chi connectivity index (χ1v) is 11.1. The molecule has 7 nitrogen and oxygen atoms in total. The Hall–Kier alpha value is -2.39. The van der Waals surface area contributed by atoms with Gasteiger partial charge in [0, 0.05) is 37.3 Å². The highest BCUT2D eigenvalue weighted by molar-refractivity contribution is 7.13. The smallest absolute Gasteiger partial charge is 0.409 e. The molecule has 0 aliphatic carbocycles. The Kier molecular flexibility index (Phi) is 6.10. The Morgan fingerprint density at radius 2 is 2.30 bits per heavy atom. The molecule has 0 N–H and O–H groups in total. The number of fused-ring (bicyclic) bond motifs is 1. The van der Waals surface area contributed by atoms with Crippen molar-refractivity contribution < 1.29 is 18.3 Å². The molecule has 1 aliphatic rings. The summed E-state index contributed by atoms with van der Waals surface area (Å²) in [5.41, 5.74) is 1.00. The number of nitrogens with zero attached hydrogens (tertiary/aromatic N) is 4. The number of unbranched alkanes of at least 4 members (excludes halogenated alkanes) is 1. The summed E-state index contributed by atoms with van der Waals surface area (Å²) >= 11 is 7.39. The summed E-state index contributed by atoms with van der Waals surface area (Å²) in [7, 11) is 0. The highest BCUT2D eigenvalue weighted by Gasteiger charge is 2.31. The number of benzene rings is 1. The van der Waals surface area contributed by atoms with Gasteiger partial charge in [-0.2, -0.15) is 4.98 Å². The van der Waals surface area contributed by atoms with Gasteiger partial charge in [-0.05, 0) is 19.4 Å². The van der Waals surface area contributed by atoms with Crippen LogP contribution in [0, 0.1) is 5.82 Å². The van der Waals surface area contributed by atoms with Crippen LogP contribution in [0.25, 0.3) is 21.7 Å². The van der Waals surface area contributed by atoms with Crippen molar-refractivity contribution in [3.05, 3.63) is 28.5 Å². The maximum atomic E-state index is 14.8. The van der Waals surface area contributed by atoms with E-state index in [1.807, 2.05) is 18.7 Å². The van der Waals surface area contributed by atoms with Gasteiger partial charge in [-0.15, -0.1) is 11.3 Å². The van der Waals surface area contributed by atoms with Crippen LogP contribution >= 0.6 is 22.9 Å². The molecule has 1 fully saturated rings. The molecule has 0 spiro atoms. The third kappa shape index (κ3) is 3.96. The zero-order chi connectivity index (χ0) is 21.3. The summed E-state index contributed by atoms with van der Waals surface area (Å²) in [6, 6.07) is 1.78. The molecule has 1 unspecified atom stereocenters. The van der Waals surface area contributed by atoms with Crippen LogP contribution < -0.4 is 4.90 Å². The highest BCUT2D eigenvalue weighted by atomic mass is 35.5. The Labute approximate surface area is 182 Å². The second kappa shape index (κ2) is 8.77. The maximum Gasteiger partial charge on any atom is 0.409 e. The Morgan fingerprint density at radius 1 is 1.47 bits per heavy atom. The van der Waals surface area contributed by atoms with Crippen LogP contribution in [0.15, 0.2) is 22.1 Å². The molecule has 1 aliphatic heterocycles. The molecule has 3 heterocycles. The first-order chi connectivity index (χ1) is 14.5. The average molecular weight is 453 g/mol.